The van der Waals surface area contributed by atoms with Crippen LogP contribution < -0.4 is 5.32 Å². The Bertz CT molecular complexity index is 537. The number of aromatic nitrogens is 2. The average molecular weight is 319 g/mol. The minimum absolute atomic E-state index is 0.145. The van der Waals surface area contributed by atoms with Crippen LogP contribution in [0.4, 0.5) is 5.82 Å². The zero-order valence-electron chi connectivity index (χ0n) is 13.0. The van der Waals surface area contributed by atoms with E-state index in [2.05, 4.69) is 15.5 Å². The van der Waals surface area contributed by atoms with Crippen LogP contribution in [0.25, 0.3) is 0 Å². The third kappa shape index (κ3) is 3.95. The summed E-state index contributed by atoms with van der Waals surface area (Å²) >= 11 is 0. The van der Waals surface area contributed by atoms with Gasteiger partial charge in [-0.05, 0) is 25.0 Å². The molecule has 1 aromatic rings. The molecule has 0 saturated carbocycles. The van der Waals surface area contributed by atoms with E-state index < -0.39 is 0 Å². The quantitative estimate of drug-likeness (QED) is 0.768. The maximum absolute atomic E-state index is 12.3. The van der Waals surface area contributed by atoms with Crippen LogP contribution in [0.2, 0.25) is 0 Å². The predicted octanol–water partition coefficient (Wildman–Crippen LogP) is -0.0183. The highest BCUT2D eigenvalue weighted by molar-refractivity contribution is 5.92. The summed E-state index contributed by atoms with van der Waals surface area (Å²) in [7, 11) is 0. The summed E-state index contributed by atoms with van der Waals surface area (Å²) in [5, 5.41) is 11.2. The van der Waals surface area contributed by atoms with Crippen molar-refractivity contribution in [2.24, 2.45) is 0 Å². The molecule has 0 aliphatic carbocycles. The summed E-state index contributed by atoms with van der Waals surface area (Å²) in [5.41, 5.74) is 0.326. The Balaban J connectivity index is 1.52. The molecule has 0 radical (unpaired) electrons. The van der Waals surface area contributed by atoms with E-state index in [0.717, 1.165) is 25.9 Å². The van der Waals surface area contributed by atoms with Crippen molar-refractivity contribution < 1.29 is 14.3 Å². The molecule has 1 aromatic heterocycles. The van der Waals surface area contributed by atoms with Crippen molar-refractivity contribution >= 4 is 18.1 Å². The second-order valence-corrected chi connectivity index (χ2v) is 5.75. The van der Waals surface area contributed by atoms with Crippen molar-refractivity contribution in [2.75, 3.05) is 44.6 Å². The average Bonchev–Trinajstić information content (AvgIpc) is 3.13. The number of ether oxygens (including phenoxy) is 1. The van der Waals surface area contributed by atoms with Crippen LogP contribution in [0.1, 0.15) is 23.3 Å². The van der Waals surface area contributed by atoms with Gasteiger partial charge in [-0.3, -0.25) is 9.59 Å². The lowest BCUT2D eigenvalue weighted by Crippen LogP contribution is -2.48. The molecule has 23 heavy (non-hydrogen) atoms. The highest BCUT2D eigenvalue weighted by Crippen LogP contribution is 2.13. The first-order chi connectivity index (χ1) is 11.3. The molecule has 2 amide bonds. The van der Waals surface area contributed by atoms with E-state index in [1.165, 1.54) is 0 Å². The molecule has 2 fully saturated rings. The van der Waals surface area contributed by atoms with Crippen molar-refractivity contribution in [3.05, 3.63) is 17.8 Å². The van der Waals surface area contributed by atoms with Gasteiger partial charge in [-0.2, -0.15) is 0 Å². The summed E-state index contributed by atoms with van der Waals surface area (Å²) in [6.45, 7) is 3.70. The zero-order valence-corrected chi connectivity index (χ0v) is 13.0. The minimum Gasteiger partial charge on any atom is -0.376 e. The molecule has 1 atom stereocenters. The van der Waals surface area contributed by atoms with Crippen LogP contribution >= 0.6 is 0 Å². The lowest BCUT2D eigenvalue weighted by atomic mass is 10.2. The van der Waals surface area contributed by atoms with E-state index in [-0.39, 0.29) is 12.0 Å². The number of nitrogens with zero attached hydrogens (tertiary/aromatic N) is 4. The molecular formula is C15H21N5O3. The Kier molecular flexibility index (Phi) is 5.02. The second-order valence-electron chi connectivity index (χ2n) is 5.75. The van der Waals surface area contributed by atoms with E-state index in [0.29, 0.717) is 44.2 Å². The second kappa shape index (κ2) is 7.36. The molecule has 3 rings (SSSR count). The molecule has 1 unspecified atom stereocenters. The Morgan fingerprint density at radius 3 is 2.74 bits per heavy atom. The number of carbonyl (C=O) groups excluding carboxylic acids is 2. The molecular weight excluding hydrogens is 298 g/mol. The largest absolute Gasteiger partial charge is 0.376 e. The fourth-order valence-electron chi connectivity index (χ4n) is 2.76. The van der Waals surface area contributed by atoms with Crippen LogP contribution in [0, 0.1) is 0 Å². The molecule has 8 nitrogen and oxygen atoms in total. The van der Waals surface area contributed by atoms with Crippen LogP contribution in [0.15, 0.2) is 12.1 Å². The third-order valence-electron chi connectivity index (χ3n) is 4.17. The molecule has 0 bridgehead atoms. The monoisotopic (exact) mass is 319 g/mol. The SMILES string of the molecule is O=CN1CCN(C(=O)c2ccc(NCC3CCCO3)nn2)CC1. The van der Waals surface area contributed by atoms with Gasteiger partial charge in [-0.15, -0.1) is 10.2 Å². The van der Waals surface area contributed by atoms with Crippen LogP contribution in [-0.4, -0.2) is 77.7 Å². The molecule has 2 aliphatic rings. The van der Waals surface area contributed by atoms with E-state index in [1.807, 2.05) is 0 Å². The number of amides is 2. The van der Waals surface area contributed by atoms with Gasteiger partial charge in [0.05, 0.1) is 6.10 Å². The smallest absolute Gasteiger partial charge is 0.274 e. The fraction of sp³-hybridized carbons (Fsp3) is 0.600. The molecule has 8 heteroatoms. The maximum atomic E-state index is 12.3. The van der Waals surface area contributed by atoms with Crippen molar-refractivity contribution in [3.8, 4) is 0 Å². The number of anilines is 1. The summed E-state index contributed by atoms with van der Waals surface area (Å²) in [6, 6.07) is 3.44. The number of carbonyl (C=O) groups is 2. The Morgan fingerprint density at radius 1 is 1.30 bits per heavy atom. The summed E-state index contributed by atoms with van der Waals surface area (Å²) in [6.07, 6.45) is 3.20. The molecule has 1 N–H and O–H groups in total. The topological polar surface area (TPSA) is 87.7 Å². The number of piperazine rings is 1. The van der Waals surface area contributed by atoms with Crippen molar-refractivity contribution in [3.63, 3.8) is 0 Å². The Hall–Kier alpha value is -2.22. The normalized spacial score (nSPS) is 21.3. The first-order valence-electron chi connectivity index (χ1n) is 7.94. The van der Waals surface area contributed by atoms with Crippen LogP contribution in [-0.2, 0) is 9.53 Å². The van der Waals surface area contributed by atoms with Crippen molar-refractivity contribution in [1.29, 1.82) is 0 Å². The first-order valence-corrected chi connectivity index (χ1v) is 7.94. The molecule has 124 valence electrons. The van der Waals surface area contributed by atoms with E-state index in [9.17, 15) is 9.59 Å². The lowest BCUT2D eigenvalue weighted by molar-refractivity contribution is -0.119. The van der Waals surface area contributed by atoms with Gasteiger partial charge in [0.1, 0.15) is 5.82 Å². The molecule has 0 aromatic carbocycles. The van der Waals surface area contributed by atoms with E-state index in [4.69, 9.17) is 4.74 Å². The zero-order chi connectivity index (χ0) is 16.1. The third-order valence-corrected chi connectivity index (χ3v) is 4.17. The Labute approximate surface area is 134 Å². The summed E-state index contributed by atoms with van der Waals surface area (Å²) in [5.74, 6) is 0.497. The minimum atomic E-state index is -0.145. The highest BCUT2D eigenvalue weighted by atomic mass is 16.5. The fourth-order valence-corrected chi connectivity index (χ4v) is 2.76. The van der Waals surface area contributed by atoms with Crippen LogP contribution in [0.3, 0.4) is 0 Å². The van der Waals surface area contributed by atoms with Gasteiger partial charge in [-0.1, -0.05) is 0 Å². The Morgan fingerprint density at radius 2 is 2.13 bits per heavy atom. The highest BCUT2D eigenvalue weighted by Gasteiger charge is 2.22. The molecule has 3 heterocycles. The number of rotatable bonds is 5. The lowest BCUT2D eigenvalue weighted by Gasteiger charge is -2.32. The van der Waals surface area contributed by atoms with Crippen LogP contribution in [0.5, 0.6) is 0 Å². The first kappa shape index (κ1) is 15.7. The number of nitrogens with one attached hydrogen (secondary N) is 1. The summed E-state index contributed by atoms with van der Waals surface area (Å²) in [4.78, 5) is 26.4. The number of hydrogen-bond acceptors (Lipinski definition) is 6. The number of hydrogen-bond donors (Lipinski definition) is 1. The maximum Gasteiger partial charge on any atom is 0.274 e. The standard InChI is InChI=1S/C15H21N5O3/c21-11-19-5-7-20(8-6-19)15(22)13-3-4-14(18-17-13)16-10-12-2-1-9-23-12/h3-4,11-12H,1-2,5-10H2,(H,16,18). The van der Waals surface area contributed by atoms with Gasteiger partial charge in [0.25, 0.3) is 5.91 Å². The summed E-state index contributed by atoms with van der Waals surface area (Å²) < 4.78 is 5.53. The van der Waals surface area contributed by atoms with Crippen molar-refractivity contribution in [2.45, 2.75) is 18.9 Å². The van der Waals surface area contributed by atoms with Gasteiger partial charge >= 0.3 is 0 Å². The molecule has 0 spiro atoms. The van der Waals surface area contributed by atoms with Gasteiger partial charge in [0.2, 0.25) is 6.41 Å². The predicted molar refractivity (Wildman–Crippen MR) is 83.0 cm³/mol. The van der Waals surface area contributed by atoms with Gasteiger partial charge in [-0.25, -0.2) is 0 Å². The van der Waals surface area contributed by atoms with E-state index >= 15 is 0 Å². The van der Waals surface area contributed by atoms with Gasteiger partial charge < -0.3 is 19.9 Å². The van der Waals surface area contributed by atoms with Gasteiger partial charge in [0.15, 0.2) is 5.69 Å². The molecule has 2 aliphatic heterocycles. The van der Waals surface area contributed by atoms with E-state index in [1.54, 1.807) is 21.9 Å². The van der Waals surface area contributed by atoms with Crippen molar-refractivity contribution in [1.82, 2.24) is 20.0 Å². The molecule has 2 saturated heterocycles. The van der Waals surface area contributed by atoms with Gasteiger partial charge in [0, 0.05) is 39.3 Å².